The number of hydrogen-bond donors (Lipinski definition) is 1. The largest absolute Gasteiger partial charge is 0.358 e. The Kier molecular flexibility index (Phi) is 2.10. The summed E-state index contributed by atoms with van der Waals surface area (Å²) in [6.07, 6.45) is 0. The average Bonchev–Trinajstić information content (AvgIpc) is 2.47. The summed E-state index contributed by atoms with van der Waals surface area (Å²) in [6, 6.07) is 6.73. The molecule has 0 aliphatic carbocycles. The van der Waals surface area contributed by atoms with Crippen molar-refractivity contribution in [3.8, 4) is 0 Å². The molecule has 0 atom stereocenters. The molecule has 14 heavy (non-hydrogen) atoms. The van der Waals surface area contributed by atoms with Crippen LogP contribution in [0, 0.1) is 13.8 Å². The second-order valence-corrected chi connectivity index (χ2v) is 4.42. The minimum absolute atomic E-state index is 0.571. The number of aryl methyl sites for hydroxylation is 2. The van der Waals surface area contributed by atoms with Crippen LogP contribution in [0.5, 0.6) is 0 Å². The Labute approximate surface area is 85.1 Å². The number of benzene rings is 1. The Hall–Kier alpha value is -1.24. The van der Waals surface area contributed by atoms with Crippen molar-refractivity contribution in [3.63, 3.8) is 0 Å². The van der Waals surface area contributed by atoms with Gasteiger partial charge in [-0.2, -0.15) is 0 Å². The molecule has 0 radical (unpaired) electrons. The maximum absolute atomic E-state index is 3.48. The molecule has 1 aromatic heterocycles. The van der Waals surface area contributed by atoms with Crippen molar-refractivity contribution in [2.24, 2.45) is 0 Å². The molecule has 74 valence electrons. The Morgan fingerprint density at radius 3 is 2.43 bits per heavy atom. The Morgan fingerprint density at radius 1 is 1.07 bits per heavy atom. The van der Waals surface area contributed by atoms with Crippen molar-refractivity contribution in [1.82, 2.24) is 4.98 Å². The summed E-state index contributed by atoms with van der Waals surface area (Å²) >= 11 is 0. The first-order valence-electron chi connectivity index (χ1n) is 5.18. The van der Waals surface area contributed by atoms with Crippen LogP contribution in [-0.2, 0) is 0 Å². The lowest BCUT2D eigenvalue weighted by molar-refractivity contribution is 0.836. The van der Waals surface area contributed by atoms with Gasteiger partial charge < -0.3 is 4.98 Å². The summed E-state index contributed by atoms with van der Waals surface area (Å²) in [5.74, 6) is 0.571. The molecule has 0 amide bonds. The van der Waals surface area contributed by atoms with Gasteiger partial charge >= 0.3 is 0 Å². The van der Waals surface area contributed by atoms with Crippen molar-refractivity contribution in [2.75, 3.05) is 0 Å². The molecule has 0 saturated heterocycles. The second kappa shape index (κ2) is 3.16. The first-order valence-corrected chi connectivity index (χ1v) is 5.18. The highest BCUT2D eigenvalue weighted by Crippen LogP contribution is 2.24. The highest BCUT2D eigenvalue weighted by molar-refractivity contribution is 5.84. The first kappa shape index (κ1) is 9.32. The van der Waals surface area contributed by atoms with Crippen LogP contribution < -0.4 is 0 Å². The molecular formula is C13H17N. The molecule has 2 aromatic rings. The van der Waals surface area contributed by atoms with Crippen LogP contribution in [0.1, 0.15) is 36.6 Å². The third-order valence-corrected chi connectivity index (χ3v) is 2.73. The fraction of sp³-hybridized carbons (Fsp3) is 0.385. The number of rotatable bonds is 1. The molecule has 0 fully saturated rings. The quantitative estimate of drug-likeness (QED) is 0.696. The van der Waals surface area contributed by atoms with E-state index in [4.69, 9.17) is 0 Å². The molecule has 1 nitrogen and oxygen atoms in total. The zero-order chi connectivity index (χ0) is 10.3. The average molecular weight is 187 g/mol. The summed E-state index contributed by atoms with van der Waals surface area (Å²) in [7, 11) is 0. The second-order valence-electron chi connectivity index (χ2n) is 4.42. The number of fused-ring (bicyclic) bond motifs is 1. The summed E-state index contributed by atoms with van der Waals surface area (Å²) in [4.78, 5) is 3.48. The monoisotopic (exact) mass is 187 g/mol. The maximum Gasteiger partial charge on any atom is 0.0461 e. The van der Waals surface area contributed by atoms with Gasteiger partial charge in [-0.1, -0.05) is 19.9 Å². The summed E-state index contributed by atoms with van der Waals surface area (Å²) < 4.78 is 0. The number of hydrogen-bond acceptors (Lipinski definition) is 0. The highest BCUT2D eigenvalue weighted by Gasteiger charge is 2.06. The molecule has 1 heterocycles. The smallest absolute Gasteiger partial charge is 0.0461 e. The van der Waals surface area contributed by atoms with Gasteiger partial charge in [0.1, 0.15) is 0 Å². The molecule has 1 heteroatoms. The number of aromatic amines is 1. The van der Waals surface area contributed by atoms with Crippen LogP contribution in [0.25, 0.3) is 10.9 Å². The van der Waals surface area contributed by atoms with Gasteiger partial charge in [0.05, 0.1) is 0 Å². The maximum atomic E-state index is 3.48. The SMILES string of the molecule is Cc1cc(C)c2cc(C(C)C)[nH]c2c1. The molecule has 2 rings (SSSR count). The van der Waals surface area contributed by atoms with Gasteiger partial charge in [0.2, 0.25) is 0 Å². The molecule has 0 spiro atoms. The molecular weight excluding hydrogens is 170 g/mol. The zero-order valence-corrected chi connectivity index (χ0v) is 9.31. The normalized spacial score (nSPS) is 11.5. The van der Waals surface area contributed by atoms with Crippen LogP contribution in [0.2, 0.25) is 0 Å². The fourth-order valence-corrected chi connectivity index (χ4v) is 1.93. The van der Waals surface area contributed by atoms with E-state index in [0.717, 1.165) is 0 Å². The van der Waals surface area contributed by atoms with Gasteiger partial charge in [-0.05, 0) is 43.0 Å². The standard InChI is InChI=1S/C13H17N/c1-8(2)12-7-11-10(4)5-9(3)6-13(11)14-12/h5-8,14H,1-4H3. The van der Waals surface area contributed by atoms with E-state index in [-0.39, 0.29) is 0 Å². The lowest BCUT2D eigenvalue weighted by atomic mass is 10.1. The van der Waals surface area contributed by atoms with E-state index in [9.17, 15) is 0 Å². The predicted octanol–water partition coefficient (Wildman–Crippen LogP) is 3.91. The Balaban J connectivity index is 2.70. The van der Waals surface area contributed by atoms with Crippen molar-refractivity contribution >= 4 is 10.9 Å². The van der Waals surface area contributed by atoms with Gasteiger partial charge in [0.25, 0.3) is 0 Å². The molecule has 0 aliphatic rings. The summed E-state index contributed by atoms with van der Waals surface area (Å²) in [5, 5.41) is 1.36. The number of aromatic nitrogens is 1. The lowest BCUT2D eigenvalue weighted by Gasteiger charge is -1.98. The molecule has 1 aromatic carbocycles. The summed E-state index contributed by atoms with van der Waals surface area (Å²) in [5.41, 5.74) is 5.29. The van der Waals surface area contributed by atoms with Crippen LogP contribution in [0.3, 0.4) is 0 Å². The van der Waals surface area contributed by atoms with Gasteiger partial charge in [0, 0.05) is 16.6 Å². The number of H-pyrrole nitrogens is 1. The Morgan fingerprint density at radius 2 is 1.79 bits per heavy atom. The van der Waals surface area contributed by atoms with Crippen LogP contribution in [0.4, 0.5) is 0 Å². The van der Waals surface area contributed by atoms with E-state index in [1.165, 1.54) is 27.7 Å². The van der Waals surface area contributed by atoms with E-state index in [1.54, 1.807) is 0 Å². The van der Waals surface area contributed by atoms with E-state index in [0.29, 0.717) is 5.92 Å². The van der Waals surface area contributed by atoms with E-state index in [2.05, 4.69) is 50.9 Å². The molecule has 1 N–H and O–H groups in total. The minimum Gasteiger partial charge on any atom is -0.358 e. The van der Waals surface area contributed by atoms with Gasteiger partial charge in [-0.25, -0.2) is 0 Å². The van der Waals surface area contributed by atoms with E-state index < -0.39 is 0 Å². The fourth-order valence-electron chi connectivity index (χ4n) is 1.93. The predicted molar refractivity (Wildman–Crippen MR) is 61.9 cm³/mol. The van der Waals surface area contributed by atoms with Crippen LogP contribution in [-0.4, -0.2) is 4.98 Å². The van der Waals surface area contributed by atoms with Crippen LogP contribution in [0.15, 0.2) is 18.2 Å². The zero-order valence-electron chi connectivity index (χ0n) is 9.31. The third kappa shape index (κ3) is 1.43. The van der Waals surface area contributed by atoms with Crippen molar-refractivity contribution in [1.29, 1.82) is 0 Å². The number of nitrogens with one attached hydrogen (secondary N) is 1. The van der Waals surface area contributed by atoms with Gasteiger partial charge in [-0.3, -0.25) is 0 Å². The molecule has 0 saturated carbocycles. The molecule has 0 bridgehead atoms. The third-order valence-electron chi connectivity index (χ3n) is 2.73. The molecule has 0 unspecified atom stereocenters. The molecule has 0 aliphatic heterocycles. The minimum atomic E-state index is 0.571. The van der Waals surface area contributed by atoms with Gasteiger partial charge in [-0.15, -0.1) is 0 Å². The van der Waals surface area contributed by atoms with Crippen molar-refractivity contribution in [2.45, 2.75) is 33.6 Å². The van der Waals surface area contributed by atoms with E-state index in [1.807, 2.05) is 0 Å². The van der Waals surface area contributed by atoms with Gasteiger partial charge in [0.15, 0.2) is 0 Å². The summed E-state index contributed by atoms with van der Waals surface area (Å²) in [6.45, 7) is 8.75. The van der Waals surface area contributed by atoms with Crippen molar-refractivity contribution in [3.05, 3.63) is 35.0 Å². The van der Waals surface area contributed by atoms with Crippen molar-refractivity contribution < 1.29 is 0 Å². The lowest BCUT2D eigenvalue weighted by Crippen LogP contribution is -1.84. The highest BCUT2D eigenvalue weighted by atomic mass is 14.7. The Bertz CT molecular complexity index is 463. The van der Waals surface area contributed by atoms with E-state index >= 15 is 0 Å². The van der Waals surface area contributed by atoms with Crippen LogP contribution >= 0.6 is 0 Å². The first-order chi connectivity index (χ1) is 6.58. The topological polar surface area (TPSA) is 15.8 Å².